The Bertz CT molecular complexity index is 719. The van der Waals surface area contributed by atoms with E-state index in [2.05, 4.69) is 20.9 Å². The minimum atomic E-state index is -0.206. The molecule has 0 saturated heterocycles. The molecule has 0 N–H and O–H groups in total. The molecule has 0 atom stereocenters. The van der Waals surface area contributed by atoms with E-state index in [-0.39, 0.29) is 5.78 Å². The standard InChI is InChI=1S/C14H8BrNO2/c15-10-4-5-12-9(7-10)8-13(18-12)14(17)11-3-1-2-6-16-11/h1-8H. The Balaban J connectivity index is 2.07. The van der Waals surface area contributed by atoms with E-state index in [1.54, 1.807) is 30.5 Å². The topological polar surface area (TPSA) is 43.1 Å². The molecule has 0 bridgehead atoms. The van der Waals surface area contributed by atoms with Crippen LogP contribution in [0.1, 0.15) is 16.2 Å². The maximum absolute atomic E-state index is 12.1. The van der Waals surface area contributed by atoms with Gasteiger partial charge in [0.25, 0.3) is 0 Å². The van der Waals surface area contributed by atoms with Crippen molar-refractivity contribution in [2.75, 3.05) is 0 Å². The molecule has 0 unspecified atom stereocenters. The lowest BCUT2D eigenvalue weighted by atomic mass is 10.2. The van der Waals surface area contributed by atoms with Crippen LogP contribution in [0.25, 0.3) is 11.0 Å². The van der Waals surface area contributed by atoms with Crippen LogP contribution in [-0.2, 0) is 0 Å². The molecule has 0 fully saturated rings. The number of carbonyl (C=O) groups excluding carboxylic acids is 1. The Morgan fingerprint density at radius 2 is 2.06 bits per heavy atom. The van der Waals surface area contributed by atoms with Gasteiger partial charge in [0.15, 0.2) is 5.76 Å². The van der Waals surface area contributed by atoms with E-state index in [1.165, 1.54) is 0 Å². The molecule has 2 aromatic heterocycles. The molecule has 1 aromatic carbocycles. The van der Waals surface area contributed by atoms with Crippen molar-refractivity contribution in [2.45, 2.75) is 0 Å². The molecule has 0 aliphatic carbocycles. The smallest absolute Gasteiger partial charge is 0.246 e. The molecule has 4 heteroatoms. The van der Waals surface area contributed by atoms with Crippen molar-refractivity contribution >= 4 is 32.7 Å². The number of ketones is 1. The minimum Gasteiger partial charge on any atom is -0.453 e. The Labute approximate surface area is 112 Å². The van der Waals surface area contributed by atoms with Crippen LogP contribution in [0, 0.1) is 0 Å². The van der Waals surface area contributed by atoms with Gasteiger partial charge in [-0.25, -0.2) is 0 Å². The van der Waals surface area contributed by atoms with Crippen LogP contribution in [0.2, 0.25) is 0 Å². The van der Waals surface area contributed by atoms with Crippen LogP contribution in [0.3, 0.4) is 0 Å². The Morgan fingerprint density at radius 1 is 1.17 bits per heavy atom. The van der Waals surface area contributed by atoms with E-state index >= 15 is 0 Å². The highest BCUT2D eigenvalue weighted by Crippen LogP contribution is 2.24. The number of benzene rings is 1. The fourth-order valence-corrected chi connectivity index (χ4v) is 2.13. The molecular formula is C14H8BrNO2. The number of halogens is 1. The summed E-state index contributed by atoms with van der Waals surface area (Å²) >= 11 is 3.38. The van der Waals surface area contributed by atoms with E-state index in [0.717, 1.165) is 9.86 Å². The lowest BCUT2D eigenvalue weighted by Crippen LogP contribution is -2.01. The fraction of sp³-hybridized carbons (Fsp3) is 0. The number of nitrogens with zero attached hydrogens (tertiary/aromatic N) is 1. The first-order valence-electron chi connectivity index (χ1n) is 5.39. The summed E-state index contributed by atoms with van der Waals surface area (Å²) in [6, 6.07) is 12.6. The van der Waals surface area contributed by atoms with Crippen LogP contribution >= 0.6 is 15.9 Å². The molecule has 3 nitrogen and oxygen atoms in total. The quantitative estimate of drug-likeness (QED) is 0.676. The van der Waals surface area contributed by atoms with Gasteiger partial charge in [-0.15, -0.1) is 0 Å². The van der Waals surface area contributed by atoms with Gasteiger partial charge in [0, 0.05) is 16.1 Å². The van der Waals surface area contributed by atoms with Crippen molar-refractivity contribution in [1.29, 1.82) is 0 Å². The second-order valence-corrected chi connectivity index (χ2v) is 4.75. The Kier molecular flexibility index (Phi) is 2.72. The summed E-state index contributed by atoms with van der Waals surface area (Å²) in [7, 11) is 0. The predicted octanol–water partition coefficient (Wildman–Crippen LogP) is 3.82. The molecule has 0 aliphatic rings. The van der Waals surface area contributed by atoms with Crippen molar-refractivity contribution < 1.29 is 9.21 Å². The third-order valence-corrected chi connectivity index (χ3v) is 3.09. The highest BCUT2D eigenvalue weighted by molar-refractivity contribution is 9.10. The summed E-state index contributed by atoms with van der Waals surface area (Å²) in [5, 5.41) is 0.892. The Hall–Kier alpha value is -1.94. The highest BCUT2D eigenvalue weighted by atomic mass is 79.9. The fourth-order valence-electron chi connectivity index (χ4n) is 1.75. The number of rotatable bonds is 2. The third kappa shape index (κ3) is 1.95. The predicted molar refractivity (Wildman–Crippen MR) is 71.6 cm³/mol. The van der Waals surface area contributed by atoms with Gasteiger partial charge in [0.05, 0.1) is 0 Å². The summed E-state index contributed by atoms with van der Waals surface area (Å²) in [5.74, 6) is 0.102. The van der Waals surface area contributed by atoms with E-state index in [9.17, 15) is 4.79 Å². The van der Waals surface area contributed by atoms with Crippen molar-refractivity contribution in [3.05, 3.63) is 64.6 Å². The number of fused-ring (bicyclic) bond motifs is 1. The van der Waals surface area contributed by atoms with Gasteiger partial charge < -0.3 is 4.42 Å². The summed E-state index contributed by atoms with van der Waals surface area (Å²) in [6.07, 6.45) is 1.59. The van der Waals surface area contributed by atoms with Gasteiger partial charge in [0.2, 0.25) is 5.78 Å². The molecular weight excluding hydrogens is 294 g/mol. The molecule has 0 aliphatic heterocycles. The van der Waals surface area contributed by atoms with Crippen LogP contribution in [0.4, 0.5) is 0 Å². The minimum absolute atomic E-state index is 0.206. The van der Waals surface area contributed by atoms with Crippen molar-refractivity contribution in [2.24, 2.45) is 0 Å². The van der Waals surface area contributed by atoms with Gasteiger partial charge in [-0.1, -0.05) is 22.0 Å². The molecule has 0 saturated carbocycles. The molecule has 3 rings (SSSR count). The zero-order valence-corrected chi connectivity index (χ0v) is 10.8. The zero-order valence-electron chi connectivity index (χ0n) is 9.26. The van der Waals surface area contributed by atoms with Crippen LogP contribution in [0.15, 0.2) is 57.6 Å². The first kappa shape index (κ1) is 11.2. The monoisotopic (exact) mass is 301 g/mol. The van der Waals surface area contributed by atoms with Gasteiger partial charge in [-0.2, -0.15) is 0 Å². The maximum Gasteiger partial charge on any atom is 0.246 e. The average Bonchev–Trinajstić information content (AvgIpc) is 2.81. The molecule has 0 spiro atoms. The normalized spacial score (nSPS) is 10.7. The molecule has 2 heterocycles. The second kappa shape index (κ2) is 4.38. The summed E-state index contributed by atoms with van der Waals surface area (Å²) in [4.78, 5) is 16.2. The second-order valence-electron chi connectivity index (χ2n) is 3.84. The SMILES string of the molecule is O=C(c1ccccn1)c1cc2cc(Br)ccc2o1. The lowest BCUT2D eigenvalue weighted by Gasteiger charge is -1.94. The first-order chi connectivity index (χ1) is 8.74. The van der Waals surface area contributed by atoms with Gasteiger partial charge in [-0.05, 0) is 36.4 Å². The molecule has 3 aromatic rings. The summed E-state index contributed by atoms with van der Waals surface area (Å²) < 4.78 is 6.48. The number of pyridine rings is 1. The number of carbonyl (C=O) groups is 1. The van der Waals surface area contributed by atoms with Crippen molar-refractivity contribution in [1.82, 2.24) is 4.98 Å². The van der Waals surface area contributed by atoms with E-state index in [4.69, 9.17) is 4.42 Å². The average molecular weight is 302 g/mol. The highest BCUT2D eigenvalue weighted by Gasteiger charge is 2.15. The number of hydrogen-bond acceptors (Lipinski definition) is 3. The van der Waals surface area contributed by atoms with E-state index in [1.807, 2.05) is 18.2 Å². The van der Waals surface area contributed by atoms with Crippen molar-refractivity contribution in [3.8, 4) is 0 Å². The van der Waals surface area contributed by atoms with E-state index in [0.29, 0.717) is 17.0 Å². The summed E-state index contributed by atoms with van der Waals surface area (Å²) in [5.41, 5.74) is 1.08. The molecule has 18 heavy (non-hydrogen) atoms. The van der Waals surface area contributed by atoms with Gasteiger partial charge in [-0.3, -0.25) is 9.78 Å². The first-order valence-corrected chi connectivity index (χ1v) is 6.18. The van der Waals surface area contributed by atoms with Crippen LogP contribution in [0.5, 0.6) is 0 Å². The molecule has 0 radical (unpaired) electrons. The number of aromatic nitrogens is 1. The van der Waals surface area contributed by atoms with Crippen LogP contribution < -0.4 is 0 Å². The van der Waals surface area contributed by atoms with Gasteiger partial charge >= 0.3 is 0 Å². The summed E-state index contributed by atoms with van der Waals surface area (Å²) in [6.45, 7) is 0. The molecule has 88 valence electrons. The van der Waals surface area contributed by atoms with E-state index < -0.39 is 0 Å². The third-order valence-electron chi connectivity index (χ3n) is 2.60. The number of furan rings is 1. The Morgan fingerprint density at radius 3 is 2.83 bits per heavy atom. The maximum atomic E-state index is 12.1. The molecule has 0 amide bonds. The zero-order chi connectivity index (χ0) is 12.5. The largest absolute Gasteiger partial charge is 0.453 e. The van der Waals surface area contributed by atoms with Crippen molar-refractivity contribution in [3.63, 3.8) is 0 Å². The lowest BCUT2D eigenvalue weighted by molar-refractivity contribution is 0.101. The van der Waals surface area contributed by atoms with Crippen LogP contribution in [-0.4, -0.2) is 10.8 Å². The van der Waals surface area contributed by atoms with Gasteiger partial charge in [0.1, 0.15) is 11.3 Å². The number of hydrogen-bond donors (Lipinski definition) is 0.